The molecule has 0 spiro atoms. The molecule has 3 aromatic rings. The van der Waals surface area contributed by atoms with Crippen molar-refractivity contribution >= 4 is 46.3 Å². The standard InChI is InChI=1S/C19H13Cl2N5O/c1-11-23-16(19(27)26-18-14(20)6-3-7-15(18)21)9-17(24-11)25-13-5-2-4-12(8-13)10-22/h2-9H,1H3,(H,26,27)(H,23,24,25). The zero-order valence-electron chi connectivity index (χ0n) is 14.1. The molecule has 0 saturated heterocycles. The molecule has 134 valence electrons. The number of rotatable bonds is 4. The Morgan fingerprint density at radius 1 is 1.07 bits per heavy atom. The Balaban J connectivity index is 1.86. The van der Waals surface area contributed by atoms with E-state index in [0.29, 0.717) is 38.6 Å². The average molecular weight is 398 g/mol. The number of aromatic nitrogens is 2. The number of benzene rings is 2. The average Bonchev–Trinajstić information content (AvgIpc) is 2.64. The van der Waals surface area contributed by atoms with Crippen LogP contribution in [0.1, 0.15) is 21.9 Å². The molecule has 0 bridgehead atoms. The van der Waals surface area contributed by atoms with Crippen LogP contribution in [0.2, 0.25) is 10.0 Å². The van der Waals surface area contributed by atoms with Crippen LogP contribution in [0.3, 0.4) is 0 Å². The molecule has 0 unspecified atom stereocenters. The Kier molecular flexibility index (Phi) is 5.55. The number of nitrogens with one attached hydrogen (secondary N) is 2. The number of nitrogens with zero attached hydrogens (tertiary/aromatic N) is 3. The first kappa shape index (κ1) is 18.6. The van der Waals surface area contributed by atoms with E-state index in [1.165, 1.54) is 6.07 Å². The lowest BCUT2D eigenvalue weighted by Crippen LogP contribution is -2.16. The summed E-state index contributed by atoms with van der Waals surface area (Å²) >= 11 is 12.2. The molecule has 6 nitrogen and oxygen atoms in total. The molecule has 27 heavy (non-hydrogen) atoms. The zero-order chi connectivity index (χ0) is 19.4. The van der Waals surface area contributed by atoms with E-state index in [2.05, 4.69) is 26.7 Å². The molecule has 0 saturated carbocycles. The Morgan fingerprint density at radius 2 is 1.78 bits per heavy atom. The maximum atomic E-state index is 12.6. The van der Waals surface area contributed by atoms with Crippen molar-refractivity contribution in [1.82, 2.24) is 9.97 Å². The highest BCUT2D eigenvalue weighted by molar-refractivity contribution is 6.40. The van der Waals surface area contributed by atoms with Crippen molar-refractivity contribution in [3.63, 3.8) is 0 Å². The Bertz CT molecular complexity index is 1040. The van der Waals surface area contributed by atoms with Crippen LogP contribution in [0.15, 0.2) is 48.5 Å². The first-order valence-electron chi connectivity index (χ1n) is 7.84. The number of nitriles is 1. The quantitative estimate of drug-likeness (QED) is 0.648. The maximum absolute atomic E-state index is 12.6. The number of hydrogen-bond donors (Lipinski definition) is 2. The first-order valence-corrected chi connectivity index (χ1v) is 8.60. The predicted molar refractivity (Wildman–Crippen MR) is 106 cm³/mol. The van der Waals surface area contributed by atoms with Gasteiger partial charge in [0.05, 0.1) is 27.4 Å². The number of hydrogen-bond acceptors (Lipinski definition) is 5. The first-order chi connectivity index (χ1) is 13.0. The van der Waals surface area contributed by atoms with Gasteiger partial charge in [0.15, 0.2) is 0 Å². The van der Waals surface area contributed by atoms with Crippen LogP contribution in [0.5, 0.6) is 0 Å². The van der Waals surface area contributed by atoms with Gasteiger partial charge in [-0.05, 0) is 37.3 Å². The van der Waals surface area contributed by atoms with Gasteiger partial charge in [-0.15, -0.1) is 0 Å². The van der Waals surface area contributed by atoms with E-state index in [1.54, 1.807) is 49.4 Å². The summed E-state index contributed by atoms with van der Waals surface area (Å²) in [6.07, 6.45) is 0. The fourth-order valence-corrected chi connectivity index (χ4v) is 2.85. The number of carbonyl (C=O) groups excluding carboxylic acids is 1. The second-order valence-electron chi connectivity index (χ2n) is 5.55. The number of aryl methyl sites for hydroxylation is 1. The third kappa shape index (κ3) is 4.53. The van der Waals surface area contributed by atoms with Crippen molar-refractivity contribution in [2.75, 3.05) is 10.6 Å². The van der Waals surface area contributed by atoms with Crippen LogP contribution >= 0.6 is 23.2 Å². The van der Waals surface area contributed by atoms with Gasteiger partial charge in [0, 0.05) is 11.8 Å². The van der Waals surface area contributed by atoms with Crippen molar-refractivity contribution in [1.29, 1.82) is 5.26 Å². The molecule has 2 aromatic carbocycles. The second kappa shape index (κ2) is 8.04. The van der Waals surface area contributed by atoms with E-state index in [9.17, 15) is 4.79 Å². The highest BCUT2D eigenvalue weighted by Gasteiger charge is 2.14. The minimum Gasteiger partial charge on any atom is -0.340 e. The van der Waals surface area contributed by atoms with E-state index in [-0.39, 0.29) is 5.69 Å². The summed E-state index contributed by atoms with van der Waals surface area (Å²) in [6.45, 7) is 1.68. The molecule has 3 rings (SSSR count). The van der Waals surface area contributed by atoms with Gasteiger partial charge in [0.1, 0.15) is 17.3 Å². The summed E-state index contributed by atoms with van der Waals surface area (Å²) in [5.74, 6) is 0.365. The topological polar surface area (TPSA) is 90.7 Å². The molecule has 1 aromatic heterocycles. The summed E-state index contributed by atoms with van der Waals surface area (Å²) in [5, 5.41) is 15.4. The summed E-state index contributed by atoms with van der Waals surface area (Å²) in [5.41, 5.74) is 1.65. The largest absolute Gasteiger partial charge is 0.340 e. The molecule has 0 aliphatic heterocycles. The number of para-hydroxylation sites is 1. The lowest BCUT2D eigenvalue weighted by molar-refractivity contribution is 0.102. The van der Waals surface area contributed by atoms with Crippen molar-refractivity contribution < 1.29 is 4.79 Å². The van der Waals surface area contributed by atoms with Gasteiger partial charge < -0.3 is 10.6 Å². The Labute approximate surface area is 165 Å². The normalized spacial score (nSPS) is 10.1. The van der Waals surface area contributed by atoms with Crippen LogP contribution in [0, 0.1) is 18.3 Å². The molecule has 1 amide bonds. The van der Waals surface area contributed by atoms with Gasteiger partial charge in [-0.25, -0.2) is 9.97 Å². The SMILES string of the molecule is Cc1nc(Nc2cccc(C#N)c2)cc(C(=O)Nc2c(Cl)cccc2Cl)n1. The monoisotopic (exact) mass is 397 g/mol. The maximum Gasteiger partial charge on any atom is 0.274 e. The highest BCUT2D eigenvalue weighted by Crippen LogP contribution is 2.30. The Hall–Kier alpha value is -3.14. The van der Waals surface area contributed by atoms with Gasteiger partial charge >= 0.3 is 0 Å². The van der Waals surface area contributed by atoms with Crippen molar-refractivity contribution in [2.24, 2.45) is 0 Å². The zero-order valence-corrected chi connectivity index (χ0v) is 15.6. The fourth-order valence-electron chi connectivity index (χ4n) is 2.36. The second-order valence-corrected chi connectivity index (χ2v) is 6.37. The van der Waals surface area contributed by atoms with Crippen LogP contribution in [-0.2, 0) is 0 Å². The lowest BCUT2D eigenvalue weighted by Gasteiger charge is -2.11. The van der Waals surface area contributed by atoms with E-state index < -0.39 is 5.91 Å². The highest BCUT2D eigenvalue weighted by atomic mass is 35.5. The number of anilines is 3. The van der Waals surface area contributed by atoms with E-state index in [4.69, 9.17) is 28.5 Å². The number of halogens is 2. The minimum atomic E-state index is -0.468. The Morgan fingerprint density at radius 3 is 2.48 bits per heavy atom. The summed E-state index contributed by atoms with van der Waals surface area (Å²) in [7, 11) is 0. The van der Waals surface area contributed by atoms with Crippen LogP contribution in [0.4, 0.5) is 17.2 Å². The predicted octanol–water partition coefficient (Wildman–Crippen LogP) is 4.96. The molecule has 0 radical (unpaired) electrons. The molecule has 0 atom stereocenters. The van der Waals surface area contributed by atoms with Gasteiger partial charge in [-0.2, -0.15) is 5.26 Å². The van der Waals surface area contributed by atoms with Gasteiger partial charge in [-0.1, -0.05) is 35.3 Å². The van der Waals surface area contributed by atoms with Gasteiger partial charge in [0.2, 0.25) is 0 Å². The summed E-state index contributed by atoms with van der Waals surface area (Å²) in [6, 6.07) is 15.4. The van der Waals surface area contributed by atoms with E-state index in [1.807, 2.05) is 0 Å². The smallest absolute Gasteiger partial charge is 0.274 e. The van der Waals surface area contributed by atoms with Crippen LogP contribution < -0.4 is 10.6 Å². The summed E-state index contributed by atoms with van der Waals surface area (Å²) in [4.78, 5) is 21.0. The summed E-state index contributed by atoms with van der Waals surface area (Å²) < 4.78 is 0. The molecule has 1 heterocycles. The van der Waals surface area contributed by atoms with Gasteiger partial charge in [-0.3, -0.25) is 4.79 Å². The molecule has 0 aliphatic carbocycles. The van der Waals surface area contributed by atoms with Gasteiger partial charge in [0.25, 0.3) is 5.91 Å². The van der Waals surface area contributed by atoms with E-state index in [0.717, 1.165) is 0 Å². The van der Waals surface area contributed by atoms with Crippen molar-refractivity contribution in [2.45, 2.75) is 6.92 Å². The number of carbonyl (C=O) groups is 1. The minimum absolute atomic E-state index is 0.150. The van der Waals surface area contributed by atoms with Crippen LogP contribution in [0.25, 0.3) is 0 Å². The number of amides is 1. The molecule has 0 aliphatic rings. The molecule has 0 fully saturated rings. The third-order valence-corrected chi connectivity index (χ3v) is 4.17. The molecular weight excluding hydrogens is 385 g/mol. The van der Waals surface area contributed by atoms with Crippen molar-refractivity contribution in [3.05, 3.63) is 75.7 Å². The fraction of sp³-hybridized carbons (Fsp3) is 0.0526. The molecular formula is C19H13Cl2N5O. The molecule has 2 N–H and O–H groups in total. The lowest BCUT2D eigenvalue weighted by atomic mass is 10.2. The van der Waals surface area contributed by atoms with Crippen molar-refractivity contribution in [3.8, 4) is 6.07 Å². The van der Waals surface area contributed by atoms with Crippen LogP contribution in [-0.4, -0.2) is 15.9 Å². The van der Waals surface area contributed by atoms with E-state index >= 15 is 0 Å². The third-order valence-electron chi connectivity index (χ3n) is 3.54. The molecule has 8 heteroatoms.